The predicted octanol–water partition coefficient (Wildman–Crippen LogP) is 13.0. The SMILES string of the molecule is CC(C)(C)c1ccc2c(c1)-c1cccc(C3=C4\CC\C(=C/C(c5ccccc5-c5cccc(F)c5)=C\3)c3ccccc3OP4)c1CCCC2. The highest BCUT2D eigenvalue weighted by Gasteiger charge is 2.25. The first kappa shape index (κ1) is 31.7. The lowest BCUT2D eigenvalue weighted by Gasteiger charge is -2.27. The molecule has 3 heteroatoms. The summed E-state index contributed by atoms with van der Waals surface area (Å²) in [6.07, 6.45) is 11.1. The molecule has 3 aliphatic rings. The standard InChI is InChI=1S/C46H42FOP/c1-46(2,3)34-24-22-30-12-4-5-18-39-40(42(30)29-34)19-11-20-41(39)43-28-33(37-16-7-6-15-36(37)31-13-10-14-35(47)27-31)26-32-23-25-45(43)49-48-44-21-9-8-17-38(32)44/h6-11,13-17,19-22,24,26-29,49H,4-5,12,18,23,25H2,1-3H3/b32-26+,33-28+,45-43+. The van der Waals surface area contributed by atoms with Gasteiger partial charge in [-0.05, 0) is 140 Å². The van der Waals surface area contributed by atoms with Gasteiger partial charge in [0.05, 0.1) is 0 Å². The zero-order valence-electron chi connectivity index (χ0n) is 28.6. The Morgan fingerprint density at radius 3 is 2.18 bits per heavy atom. The van der Waals surface area contributed by atoms with Crippen molar-refractivity contribution < 1.29 is 8.91 Å². The Hall–Kier alpha value is -4.52. The highest BCUT2D eigenvalue weighted by atomic mass is 31.1. The quantitative estimate of drug-likeness (QED) is 0.175. The molecule has 0 aromatic heterocycles. The Bertz CT molecular complexity index is 2180. The number of hydrogen-bond donors (Lipinski definition) is 0. The summed E-state index contributed by atoms with van der Waals surface area (Å²) in [6.45, 7) is 6.92. The maximum absolute atomic E-state index is 14.6. The summed E-state index contributed by atoms with van der Waals surface area (Å²) in [4.78, 5) is 0. The first-order chi connectivity index (χ1) is 23.8. The summed E-state index contributed by atoms with van der Waals surface area (Å²) in [5.41, 5.74) is 16.2. The molecule has 1 atom stereocenters. The van der Waals surface area contributed by atoms with E-state index >= 15 is 0 Å². The molecule has 49 heavy (non-hydrogen) atoms. The molecular formula is C46H42FOP. The number of allylic oxidation sites excluding steroid dienone is 6. The maximum atomic E-state index is 14.6. The van der Waals surface area contributed by atoms with Crippen molar-refractivity contribution in [2.75, 3.05) is 0 Å². The van der Waals surface area contributed by atoms with E-state index in [1.54, 1.807) is 12.1 Å². The highest BCUT2D eigenvalue weighted by Crippen LogP contribution is 2.49. The van der Waals surface area contributed by atoms with E-state index in [1.807, 2.05) is 6.07 Å². The smallest absolute Gasteiger partial charge is 0.130 e. The van der Waals surface area contributed by atoms with Crippen molar-refractivity contribution in [1.29, 1.82) is 0 Å². The van der Waals surface area contributed by atoms with Crippen LogP contribution in [0.5, 0.6) is 5.75 Å². The molecule has 0 amide bonds. The van der Waals surface area contributed by atoms with Crippen molar-refractivity contribution in [1.82, 2.24) is 0 Å². The fourth-order valence-electron chi connectivity index (χ4n) is 7.72. The third kappa shape index (κ3) is 6.24. The van der Waals surface area contributed by atoms with Crippen LogP contribution in [0.1, 0.15) is 79.8 Å². The molecule has 1 nitrogen and oxygen atoms in total. The van der Waals surface area contributed by atoms with Gasteiger partial charge < -0.3 is 4.52 Å². The molecule has 0 fully saturated rings. The highest BCUT2D eigenvalue weighted by molar-refractivity contribution is 7.38. The second-order valence-electron chi connectivity index (χ2n) is 14.6. The van der Waals surface area contributed by atoms with Crippen LogP contribution in [0.15, 0.2) is 127 Å². The summed E-state index contributed by atoms with van der Waals surface area (Å²) in [7, 11) is 0.222. The molecule has 0 spiro atoms. The molecule has 1 heterocycles. The fraction of sp³-hybridized carbons (Fsp3) is 0.217. The van der Waals surface area contributed by atoms with Gasteiger partial charge >= 0.3 is 0 Å². The lowest BCUT2D eigenvalue weighted by atomic mass is 9.79. The maximum Gasteiger partial charge on any atom is 0.130 e. The summed E-state index contributed by atoms with van der Waals surface area (Å²) in [5, 5.41) is 1.35. The normalized spacial score (nSPS) is 20.0. The van der Waals surface area contributed by atoms with E-state index in [0.717, 1.165) is 65.7 Å². The molecule has 5 aromatic rings. The molecule has 8 rings (SSSR count). The van der Waals surface area contributed by atoms with E-state index in [4.69, 9.17) is 4.52 Å². The Labute approximate surface area is 292 Å². The van der Waals surface area contributed by atoms with Crippen LogP contribution in [0.4, 0.5) is 4.39 Å². The van der Waals surface area contributed by atoms with Crippen LogP contribution < -0.4 is 4.52 Å². The van der Waals surface area contributed by atoms with Crippen molar-refractivity contribution in [2.45, 2.75) is 64.7 Å². The zero-order valence-corrected chi connectivity index (χ0v) is 29.6. The van der Waals surface area contributed by atoms with E-state index in [1.165, 1.54) is 62.3 Å². The van der Waals surface area contributed by atoms with Crippen molar-refractivity contribution in [3.05, 3.63) is 166 Å². The first-order valence-electron chi connectivity index (χ1n) is 17.6. The number of para-hydroxylation sites is 1. The largest absolute Gasteiger partial charge is 0.472 e. The van der Waals surface area contributed by atoms with E-state index in [9.17, 15) is 4.39 Å². The molecular weight excluding hydrogens is 618 g/mol. The average molecular weight is 661 g/mol. The molecule has 5 aromatic carbocycles. The minimum absolute atomic E-state index is 0.0731. The third-order valence-electron chi connectivity index (χ3n) is 10.3. The van der Waals surface area contributed by atoms with E-state index in [0.29, 0.717) is 0 Å². The van der Waals surface area contributed by atoms with Gasteiger partial charge in [-0.25, -0.2) is 4.39 Å². The second kappa shape index (κ2) is 13.1. The van der Waals surface area contributed by atoms with E-state index < -0.39 is 0 Å². The molecule has 1 aliphatic heterocycles. The van der Waals surface area contributed by atoms with Crippen LogP contribution in [-0.2, 0) is 18.3 Å². The Balaban J connectivity index is 1.38. The van der Waals surface area contributed by atoms with Crippen molar-refractivity contribution in [3.8, 4) is 28.0 Å². The summed E-state index contributed by atoms with van der Waals surface area (Å²) in [5.74, 6) is 0.716. The van der Waals surface area contributed by atoms with Gasteiger partial charge in [0.2, 0.25) is 0 Å². The minimum Gasteiger partial charge on any atom is -0.472 e. The van der Waals surface area contributed by atoms with Crippen LogP contribution in [-0.4, -0.2) is 0 Å². The molecule has 0 saturated heterocycles. The van der Waals surface area contributed by atoms with E-state index in [2.05, 4.69) is 118 Å². The third-order valence-corrected chi connectivity index (χ3v) is 11.4. The van der Waals surface area contributed by atoms with Crippen LogP contribution in [0, 0.1) is 5.82 Å². The summed E-state index contributed by atoms with van der Waals surface area (Å²) in [6, 6.07) is 38.0. The van der Waals surface area contributed by atoms with Gasteiger partial charge in [-0.3, -0.25) is 0 Å². The van der Waals surface area contributed by atoms with Crippen LogP contribution in [0.25, 0.3) is 39.0 Å². The zero-order chi connectivity index (χ0) is 33.5. The molecule has 244 valence electrons. The average Bonchev–Trinajstić information content (AvgIpc) is 3.08. The van der Waals surface area contributed by atoms with Gasteiger partial charge in [0.1, 0.15) is 20.4 Å². The topological polar surface area (TPSA) is 9.23 Å². The van der Waals surface area contributed by atoms with Gasteiger partial charge in [0, 0.05) is 5.56 Å². The molecule has 0 N–H and O–H groups in total. The van der Waals surface area contributed by atoms with Crippen LogP contribution in [0.3, 0.4) is 0 Å². The number of rotatable bonds is 3. The van der Waals surface area contributed by atoms with Gasteiger partial charge in [0.25, 0.3) is 0 Å². The molecule has 2 aliphatic carbocycles. The predicted molar refractivity (Wildman–Crippen MR) is 207 cm³/mol. The van der Waals surface area contributed by atoms with Crippen LogP contribution >= 0.6 is 8.81 Å². The molecule has 0 saturated carbocycles. The van der Waals surface area contributed by atoms with Gasteiger partial charge in [-0.1, -0.05) is 118 Å². The first-order valence-corrected chi connectivity index (χ1v) is 18.5. The van der Waals surface area contributed by atoms with Crippen molar-refractivity contribution in [3.63, 3.8) is 0 Å². The summed E-state index contributed by atoms with van der Waals surface area (Å²) >= 11 is 0. The number of hydrogen-bond acceptors (Lipinski definition) is 1. The Morgan fingerprint density at radius 1 is 0.612 bits per heavy atom. The number of benzene rings is 5. The summed E-state index contributed by atoms with van der Waals surface area (Å²) < 4.78 is 21.2. The fourth-order valence-corrected chi connectivity index (χ4v) is 8.68. The second-order valence-corrected chi connectivity index (χ2v) is 15.6. The monoisotopic (exact) mass is 660 g/mol. The minimum atomic E-state index is -0.225. The van der Waals surface area contributed by atoms with Crippen molar-refractivity contribution in [2.24, 2.45) is 0 Å². The lowest BCUT2D eigenvalue weighted by Crippen LogP contribution is -2.12. The van der Waals surface area contributed by atoms with Crippen LogP contribution in [0.2, 0.25) is 0 Å². The number of aryl methyl sites for hydroxylation is 1. The molecule has 0 radical (unpaired) electrons. The molecule has 1 unspecified atom stereocenters. The number of halogens is 1. The molecule has 2 bridgehead atoms. The van der Waals surface area contributed by atoms with Gasteiger partial charge in [-0.15, -0.1) is 0 Å². The van der Waals surface area contributed by atoms with Gasteiger partial charge in [-0.2, -0.15) is 0 Å². The van der Waals surface area contributed by atoms with E-state index in [-0.39, 0.29) is 20.0 Å². The Kier molecular flexibility index (Phi) is 8.46. The van der Waals surface area contributed by atoms with Crippen molar-refractivity contribution >= 4 is 25.5 Å². The Morgan fingerprint density at radius 2 is 1.35 bits per heavy atom. The van der Waals surface area contributed by atoms with Gasteiger partial charge in [0.15, 0.2) is 0 Å². The lowest BCUT2D eigenvalue weighted by molar-refractivity contribution is 0.590. The number of fused-ring (bicyclic) bond motifs is 8.